The van der Waals surface area contributed by atoms with Crippen LogP contribution in [0.1, 0.15) is 44.3 Å². The minimum absolute atomic E-state index is 0.0513. The van der Waals surface area contributed by atoms with Crippen molar-refractivity contribution in [3.8, 4) is 0 Å². The summed E-state index contributed by atoms with van der Waals surface area (Å²) >= 11 is 0. The second-order valence-corrected chi connectivity index (χ2v) is 7.91. The molecule has 4 heterocycles. The molecule has 4 rings (SSSR count). The molecule has 0 aliphatic carbocycles. The lowest BCUT2D eigenvalue weighted by Crippen LogP contribution is -2.31. The van der Waals surface area contributed by atoms with E-state index in [9.17, 15) is 19.5 Å². The molecule has 2 aromatic rings. The van der Waals surface area contributed by atoms with Crippen LogP contribution in [-0.4, -0.2) is 68.8 Å². The summed E-state index contributed by atoms with van der Waals surface area (Å²) in [6.07, 6.45) is -0.387. The van der Waals surface area contributed by atoms with Gasteiger partial charge in [-0.2, -0.15) is 0 Å². The van der Waals surface area contributed by atoms with Gasteiger partial charge in [0.15, 0.2) is 17.7 Å². The SMILES string of the molecule is CCOC(=O)c1cn(C2O[C@H](CO)[C@H]3OC(C)(C)OC23)c2ncnc(NC(C)=O)c2c1=O. The molecular formula is C20H24N4O8. The van der Waals surface area contributed by atoms with Gasteiger partial charge in [0.05, 0.1) is 13.2 Å². The lowest BCUT2D eigenvalue weighted by atomic mass is 10.1. The number of nitrogens with zero attached hydrogens (tertiary/aromatic N) is 3. The normalized spacial score (nSPS) is 26.2. The van der Waals surface area contributed by atoms with Crippen molar-refractivity contribution in [3.63, 3.8) is 0 Å². The molecule has 0 aromatic carbocycles. The molecule has 2 saturated heterocycles. The Morgan fingerprint density at radius 3 is 2.66 bits per heavy atom. The van der Waals surface area contributed by atoms with Gasteiger partial charge in [-0.25, -0.2) is 14.8 Å². The first-order valence-electron chi connectivity index (χ1n) is 10.1. The number of amides is 1. The van der Waals surface area contributed by atoms with Crippen LogP contribution in [-0.2, 0) is 23.7 Å². The smallest absolute Gasteiger partial charge is 0.343 e. The molecular weight excluding hydrogens is 424 g/mol. The van der Waals surface area contributed by atoms with E-state index in [-0.39, 0.29) is 35.6 Å². The molecule has 4 atom stereocenters. The maximum absolute atomic E-state index is 13.2. The molecule has 0 spiro atoms. The number of nitrogens with one attached hydrogen (secondary N) is 1. The molecule has 0 radical (unpaired) electrons. The van der Waals surface area contributed by atoms with Crippen molar-refractivity contribution in [1.29, 1.82) is 0 Å². The third-order valence-corrected chi connectivity index (χ3v) is 5.18. The Labute approximate surface area is 182 Å². The molecule has 2 fully saturated rings. The van der Waals surface area contributed by atoms with Gasteiger partial charge >= 0.3 is 5.97 Å². The predicted molar refractivity (Wildman–Crippen MR) is 109 cm³/mol. The molecule has 2 aliphatic heterocycles. The first kappa shape index (κ1) is 22.3. The zero-order valence-corrected chi connectivity index (χ0v) is 18.0. The highest BCUT2D eigenvalue weighted by Crippen LogP contribution is 2.43. The number of aliphatic hydroxyl groups is 1. The Bertz CT molecular complexity index is 1130. The van der Waals surface area contributed by atoms with E-state index in [1.54, 1.807) is 20.8 Å². The first-order chi connectivity index (χ1) is 15.2. The summed E-state index contributed by atoms with van der Waals surface area (Å²) in [5, 5.41) is 12.2. The fourth-order valence-corrected chi connectivity index (χ4v) is 4.01. The summed E-state index contributed by atoms with van der Waals surface area (Å²) in [4.78, 5) is 45.6. The molecule has 0 bridgehead atoms. The van der Waals surface area contributed by atoms with E-state index < -0.39 is 47.6 Å². The van der Waals surface area contributed by atoms with Crippen molar-refractivity contribution >= 4 is 28.7 Å². The van der Waals surface area contributed by atoms with Crippen LogP contribution in [0.5, 0.6) is 0 Å². The van der Waals surface area contributed by atoms with E-state index in [1.807, 2.05) is 0 Å². The molecule has 2 aliphatic rings. The summed E-state index contributed by atoms with van der Waals surface area (Å²) in [6.45, 7) is 6.09. The second-order valence-electron chi connectivity index (χ2n) is 7.91. The Kier molecular flexibility index (Phi) is 5.71. The molecule has 2 N–H and O–H groups in total. The van der Waals surface area contributed by atoms with Gasteiger partial charge in [0.1, 0.15) is 41.4 Å². The van der Waals surface area contributed by atoms with E-state index in [2.05, 4.69) is 15.3 Å². The monoisotopic (exact) mass is 448 g/mol. The summed E-state index contributed by atoms with van der Waals surface area (Å²) in [5.74, 6) is -2.28. The molecule has 12 heteroatoms. The number of rotatable bonds is 5. The fraction of sp³-hybridized carbons (Fsp3) is 0.550. The van der Waals surface area contributed by atoms with Crippen molar-refractivity contribution in [3.05, 3.63) is 28.3 Å². The molecule has 0 saturated carbocycles. The average Bonchev–Trinajstić information content (AvgIpc) is 3.21. The van der Waals surface area contributed by atoms with Gasteiger partial charge in [-0.15, -0.1) is 0 Å². The highest BCUT2D eigenvalue weighted by atomic mass is 16.8. The van der Waals surface area contributed by atoms with Crippen molar-refractivity contribution in [1.82, 2.24) is 14.5 Å². The van der Waals surface area contributed by atoms with Gasteiger partial charge < -0.3 is 33.9 Å². The van der Waals surface area contributed by atoms with Crippen LogP contribution >= 0.6 is 0 Å². The van der Waals surface area contributed by atoms with Crippen LogP contribution in [0, 0.1) is 0 Å². The van der Waals surface area contributed by atoms with Crippen LogP contribution in [0.15, 0.2) is 17.3 Å². The van der Waals surface area contributed by atoms with Crippen molar-refractivity contribution in [2.45, 2.75) is 58.0 Å². The van der Waals surface area contributed by atoms with Crippen molar-refractivity contribution < 1.29 is 33.6 Å². The predicted octanol–water partition coefficient (Wildman–Crippen LogP) is 0.336. The van der Waals surface area contributed by atoms with E-state index >= 15 is 0 Å². The number of hydrogen-bond donors (Lipinski definition) is 2. The van der Waals surface area contributed by atoms with E-state index in [0.717, 1.165) is 0 Å². The number of ether oxygens (including phenoxy) is 4. The molecule has 2 unspecified atom stereocenters. The lowest BCUT2D eigenvalue weighted by molar-refractivity contribution is -0.199. The Morgan fingerprint density at radius 1 is 1.28 bits per heavy atom. The van der Waals surface area contributed by atoms with Gasteiger partial charge in [-0.05, 0) is 20.8 Å². The zero-order chi connectivity index (χ0) is 23.2. The van der Waals surface area contributed by atoms with E-state index in [1.165, 1.54) is 24.0 Å². The standard InChI is InChI=1S/C20H24N4O8/c1-5-29-19(28)10-6-24(17-12(13(10)27)16(21-8-22-17)23-9(2)26)18-15-14(11(7-25)30-18)31-20(3,4)32-15/h6,8,11,14-15,18,25H,5,7H2,1-4H3,(H,21,22,23,26)/t11-,14-,15?,18?/m1/s1. The number of fused-ring (bicyclic) bond motifs is 2. The molecule has 1 amide bonds. The maximum atomic E-state index is 13.2. The van der Waals surface area contributed by atoms with Crippen LogP contribution < -0.4 is 10.7 Å². The van der Waals surface area contributed by atoms with Crippen LogP contribution in [0.25, 0.3) is 11.0 Å². The summed E-state index contributed by atoms with van der Waals surface area (Å²) in [5.41, 5.74) is -0.875. The minimum atomic E-state index is -0.931. The maximum Gasteiger partial charge on any atom is 0.343 e. The first-order valence-corrected chi connectivity index (χ1v) is 10.1. The summed E-state index contributed by atoms with van der Waals surface area (Å²) in [7, 11) is 0. The number of esters is 1. The molecule has 32 heavy (non-hydrogen) atoms. The fourth-order valence-electron chi connectivity index (χ4n) is 4.01. The molecule has 172 valence electrons. The molecule has 2 aromatic heterocycles. The lowest BCUT2D eigenvalue weighted by Gasteiger charge is -2.26. The average molecular weight is 448 g/mol. The number of carbonyl (C=O) groups is 2. The molecule has 12 nitrogen and oxygen atoms in total. The Morgan fingerprint density at radius 2 is 2.00 bits per heavy atom. The Hall–Kier alpha value is -2.93. The van der Waals surface area contributed by atoms with Gasteiger partial charge in [0.25, 0.3) is 0 Å². The third-order valence-electron chi connectivity index (χ3n) is 5.18. The highest BCUT2D eigenvalue weighted by Gasteiger charge is 2.56. The number of anilines is 1. The van der Waals surface area contributed by atoms with Crippen LogP contribution in [0.4, 0.5) is 5.82 Å². The van der Waals surface area contributed by atoms with Gasteiger partial charge in [-0.1, -0.05) is 0 Å². The van der Waals surface area contributed by atoms with Crippen molar-refractivity contribution in [2.75, 3.05) is 18.5 Å². The quantitative estimate of drug-likeness (QED) is 0.613. The summed E-state index contributed by atoms with van der Waals surface area (Å²) in [6, 6.07) is 0. The largest absolute Gasteiger partial charge is 0.462 e. The topological polar surface area (TPSA) is 151 Å². The number of pyridine rings is 1. The third kappa shape index (κ3) is 3.75. The van der Waals surface area contributed by atoms with Gasteiger partial charge in [-0.3, -0.25) is 9.59 Å². The highest BCUT2D eigenvalue weighted by molar-refractivity contribution is 6.00. The van der Waals surface area contributed by atoms with Crippen LogP contribution in [0.2, 0.25) is 0 Å². The van der Waals surface area contributed by atoms with Crippen LogP contribution in [0.3, 0.4) is 0 Å². The van der Waals surface area contributed by atoms with E-state index in [4.69, 9.17) is 18.9 Å². The zero-order valence-electron chi connectivity index (χ0n) is 18.0. The number of carbonyl (C=O) groups excluding carboxylic acids is 2. The van der Waals surface area contributed by atoms with Gasteiger partial charge in [0.2, 0.25) is 11.3 Å². The van der Waals surface area contributed by atoms with Crippen molar-refractivity contribution in [2.24, 2.45) is 0 Å². The number of hydrogen-bond acceptors (Lipinski definition) is 10. The van der Waals surface area contributed by atoms with E-state index in [0.29, 0.717) is 0 Å². The Balaban J connectivity index is 1.94. The second kappa shape index (κ2) is 8.20. The number of aliphatic hydroxyl groups excluding tert-OH is 1. The van der Waals surface area contributed by atoms with Gasteiger partial charge in [0, 0.05) is 13.1 Å². The minimum Gasteiger partial charge on any atom is -0.462 e. The number of aromatic nitrogens is 3. The summed E-state index contributed by atoms with van der Waals surface area (Å²) < 4.78 is 24.4.